The average molecular weight is 353 g/mol. The maximum Gasteiger partial charge on any atom is 0.220 e. The minimum absolute atomic E-state index is 0.0623. The molecule has 7 heteroatoms. The van der Waals surface area contributed by atoms with Gasteiger partial charge in [0.25, 0.3) is 0 Å². The molecule has 0 spiro atoms. The first-order valence-corrected chi connectivity index (χ1v) is 8.76. The van der Waals surface area contributed by atoms with E-state index in [0.717, 1.165) is 0 Å². The highest BCUT2D eigenvalue weighted by atomic mass is 16.3. The molecule has 7 nitrogen and oxygen atoms in total. The number of aliphatic hydroxyl groups is 3. The van der Waals surface area contributed by atoms with Crippen LogP contribution < -0.4 is 10.6 Å². The molecule has 148 valence electrons. The van der Waals surface area contributed by atoms with Gasteiger partial charge in [0.15, 0.2) is 0 Å². The summed E-state index contributed by atoms with van der Waals surface area (Å²) in [6.07, 6.45) is 0.378. The third-order valence-corrected chi connectivity index (χ3v) is 2.81. The maximum atomic E-state index is 11.6. The first-order valence-electron chi connectivity index (χ1n) is 8.76. The second-order valence-corrected chi connectivity index (χ2v) is 4.29. The van der Waals surface area contributed by atoms with Crippen LogP contribution in [-0.4, -0.2) is 65.5 Å². The maximum absolute atomic E-state index is 11.6. The molecule has 0 rings (SSSR count). The highest BCUT2D eigenvalue weighted by Crippen LogP contribution is 2.04. The van der Waals surface area contributed by atoms with Crippen LogP contribution in [-0.2, 0) is 9.59 Å². The lowest BCUT2D eigenvalue weighted by Gasteiger charge is -2.28. The quantitative estimate of drug-likeness (QED) is 0.420. The van der Waals surface area contributed by atoms with Gasteiger partial charge in [-0.3, -0.25) is 9.59 Å². The van der Waals surface area contributed by atoms with Gasteiger partial charge >= 0.3 is 0 Å². The molecule has 0 aliphatic carbocycles. The largest absolute Gasteiger partial charge is 0.394 e. The van der Waals surface area contributed by atoms with Crippen LogP contribution in [0, 0.1) is 0 Å². The summed E-state index contributed by atoms with van der Waals surface area (Å²) in [6, 6.07) is -0.400. The number of hydrogen-bond donors (Lipinski definition) is 5. The second kappa shape index (κ2) is 22.0. The lowest BCUT2D eigenvalue weighted by molar-refractivity contribution is -0.125. The highest BCUT2D eigenvalue weighted by molar-refractivity contribution is 5.83. The number of rotatable bonds is 9. The molecule has 0 saturated carbocycles. The third kappa shape index (κ3) is 14.6. The van der Waals surface area contributed by atoms with E-state index in [-0.39, 0.29) is 12.2 Å². The minimum Gasteiger partial charge on any atom is -0.394 e. The van der Waals surface area contributed by atoms with Gasteiger partial charge in [-0.1, -0.05) is 41.5 Å². The van der Waals surface area contributed by atoms with Crippen molar-refractivity contribution in [2.45, 2.75) is 72.9 Å². The van der Waals surface area contributed by atoms with Crippen molar-refractivity contribution in [2.24, 2.45) is 0 Å². The van der Waals surface area contributed by atoms with Crippen molar-refractivity contribution in [1.82, 2.24) is 10.6 Å². The van der Waals surface area contributed by atoms with Crippen molar-refractivity contribution in [2.75, 3.05) is 26.9 Å². The summed E-state index contributed by atoms with van der Waals surface area (Å²) < 4.78 is 0. The van der Waals surface area contributed by atoms with E-state index in [1.54, 1.807) is 7.05 Å². The van der Waals surface area contributed by atoms with Crippen LogP contribution in [0.25, 0.3) is 0 Å². The molecule has 0 fully saturated rings. The Hall–Kier alpha value is -1.02. The molecule has 0 saturated heterocycles. The number of ketones is 1. The van der Waals surface area contributed by atoms with Gasteiger partial charge in [-0.25, -0.2) is 0 Å². The number of hydrogen-bond acceptors (Lipinski definition) is 6. The van der Waals surface area contributed by atoms with Crippen molar-refractivity contribution in [3.05, 3.63) is 0 Å². The van der Waals surface area contributed by atoms with Crippen LogP contribution in [0.3, 0.4) is 0 Å². The molecule has 0 aromatic carbocycles. The summed E-state index contributed by atoms with van der Waals surface area (Å²) in [5.74, 6) is -0.503. The number of likely N-dealkylation sites (N-methyl/N-ethyl adjacent to an activating group) is 1. The lowest BCUT2D eigenvalue weighted by atomic mass is 10.0. The van der Waals surface area contributed by atoms with Crippen LogP contribution in [0.15, 0.2) is 0 Å². The molecule has 1 amide bonds. The van der Waals surface area contributed by atoms with Crippen molar-refractivity contribution < 1.29 is 24.9 Å². The number of aliphatic hydroxyl groups excluding tert-OH is 3. The summed E-state index contributed by atoms with van der Waals surface area (Å²) in [6.45, 7) is 11.7. The molecule has 24 heavy (non-hydrogen) atoms. The second-order valence-electron chi connectivity index (χ2n) is 4.29. The van der Waals surface area contributed by atoms with Gasteiger partial charge in [0.05, 0.1) is 25.9 Å². The van der Waals surface area contributed by atoms with Crippen molar-refractivity contribution in [3.63, 3.8) is 0 Å². The van der Waals surface area contributed by atoms with Gasteiger partial charge in [0, 0.05) is 6.42 Å². The van der Waals surface area contributed by atoms with Crippen molar-refractivity contribution in [1.29, 1.82) is 0 Å². The third-order valence-electron chi connectivity index (χ3n) is 2.81. The first-order chi connectivity index (χ1) is 11.4. The SMILES string of the molecule is CC.CC.CC.CNC(CCC(=O)NC(CO)(CO)CO)C(C)=O. The van der Waals surface area contributed by atoms with E-state index in [1.165, 1.54) is 6.92 Å². The van der Waals surface area contributed by atoms with Crippen LogP contribution in [0.1, 0.15) is 61.3 Å². The molecule has 0 heterocycles. The van der Waals surface area contributed by atoms with Crippen LogP contribution in [0.2, 0.25) is 0 Å². The molecule has 5 N–H and O–H groups in total. The molecule has 0 aliphatic rings. The monoisotopic (exact) mass is 352 g/mol. The molecule has 0 radical (unpaired) electrons. The zero-order valence-corrected chi connectivity index (χ0v) is 16.8. The summed E-state index contributed by atoms with van der Waals surface area (Å²) in [4.78, 5) is 22.7. The van der Waals surface area contributed by atoms with E-state index in [2.05, 4.69) is 10.6 Å². The average Bonchev–Trinajstić information content (AvgIpc) is 2.65. The van der Waals surface area contributed by atoms with Crippen LogP contribution >= 0.6 is 0 Å². The molecule has 0 aromatic heterocycles. The number of carbonyl (C=O) groups is 2. The normalized spacial score (nSPS) is 10.6. The molecule has 0 bridgehead atoms. The van der Waals surface area contributed by atoms with E-state index in [9.17, 15) is 9.59 Å². The molecule has 1 atom stereocenters. The fourth-order valence-electron chi connectivity index (χ4n) is 1.45. The van der Waals surface area contributed by atoms with Gasteiger partial charge in [-0.2, -0.15) is 0 Å². The Morgan fingerprint density at radius 1 is 0.917 bits per heavy atom. The van der Waals surface area contributed by atoms with Gasteiger partial charge in [0.1, 0.15) is 11.3 Å². The Labute approximate surface area is 147 Å². The summed E-state index contributed by atoms with van der Waals surface area (Å²) in [7, 11) is 1.63. The molecular weight excluding hydrogens is 312 g/mol. The number of carbonyl (C=O) groups excluding carboxylic acids is 2. The molecular formula is C17H40N2O5. The minimum atomic E-state index is -1.41. The van der Waals surface area contributed by atoms with Gasteiger partial charge < -0.3 is 26.0 Å². The first kappa shape index (κ1) is 30.8. The lowest BCUT2D eigenvalue weighted by Crippen LogP contribution is -2.57. The highest BCUT2D eigenvalue weighted by Gasteiger charge is 2.30. The predicted molar refractivity (Wildman–Crippen MR) is 98.9 cm³/mol. The van der Waals surface area contributed by atoms with Gasteiger partial charge in [0.2, 0.25) is 5.91 Å². The summed E-state index contributed by atoms with van der Waals surface area (Å²) in [5, 5.41) is 32.3. The Balaban J connectivity index is -0.000000297. The topological polar surface area (TPSA) is 119 Å². The van der Waals surface area contributed by atoms with Crippen LogP contribution in [0.4, 0.5) is 0 Å². The Bertz CT molecular complexity index is 274. The summed E-state index contributed by atoms with van der Waals surface area (Å²) >= 11 is 0. The fourth-order valence-corrected chi connectivity index (χ4v) is 1.45. The van der Waals surface area contributed by atoms with E-state index >= 15 is 0 Å². The van der Waals surface area contributed by atoms with E-state index < -0.39 is 37.3 Å². The number of nitrogens with one attached hydrogen (secondary N) is 2. The number of amides is 1. The van der Waals surface area contributed by atoms with Crippen molar-refractivity contribution in [3.8, 4) is 0 Å². The van der Waals surface area contributed by atoms with Gasteiger partial charge in [-0.15, -0.1) is 0 Å². The Kier molecular flexibility index (Phi) is 28.2. The predicted octanol–water partition coefficient (Wildman–Crippen LogP) is 0.854. The van der Waals surface area contributed by atoms with E-state index in [4.69, 9.17) is 15.3 Å². The molecule has 0 aromatic rings. The van der Waals surface area contributed by atoms with Gasteiger partial charge in [-0.05, 0) is 20.4 Å². The zero-order chi connectivity index (χ0) is 20.2. The Morgan fingerprint density at radius 3 is 1.54 bits per heavy atom. The Morgan fingerprint density at radius 2 is 1.29 bits per heavy atom. The standard InChI is InChI=1S/C11H22N2O5.3C2H6/c1-8(17)9(12-2)3-4-10(18)13-11(5-14,6-15)7-16;3*1-2/h9,12,14-16H,3-7H2,1-2H3,(H,13,18);3*1-2H3. The zero-order valence-electron chi connectivity index (χ0n) is 16.8. The van der Waals surface area contributed by atoms with Crippen LogP contribution in [0.5, 0.6) is 0 Å². The van der Waals surface area contributed by atoms with Crippen molar-refractivity contribution >= 4 is 11.7 Å². The fraction of sp³-hybridized carbons (Fsp3) is 0.882. The molecule has 0 aliphatic heterocycles. The van der Waals surface area contributed by atoms with E-state index in [0.29, 0.717) is 6.42 Å². The number of Topliss-reactive ketones (excluding diaryl/α,β-unsaturated/α-hetero) is 1. The molecule has 1 unspecified atom stereocenters. The smallest absolute Gasteiger partial charge is 0.220 e. The van der Waals surface area contributed by atoms with E-state index in [1.807, 2.05) is 41.5 Å². The summed E-state index contributed by atoms with van der Waals surface area (Å²) in [5.41, 5.74) is -1.41.